The largest absolute Gasteiger partial charge is 0.383 e. The molecular weight excluding hydrogens is 242 g/mol. The molecule has 104 valence electrons. The zero-order valence-corrected chi connectivity index (χ0v) is 11.5. The lowest BCUT2D eigenvalue weighted by molar-refractivity contribution is 0.188. The van der Waals surface area contributed by atoms with E-state index in [0.717, 1.165) is 42.8 Å². The first-order valence-corrected chi connectivity index (χ1v) is 6.61. The predicted molar refractivity (Wildman–Crippen MR) is 77.2 cm³/mol. The number of hydrogen-bond acceptors (Lipinski definition) is 5. The lowest BCUT2D eigenvalue weighted by atomic mass is 10.3. The van der Waals surface area contributed by atoms with E-state index < -0.39 is 0 Å². The summed E-state index contributed by atoms with van der Waals surface area (Å²) in [6.07, 6.45) is 4.23. The first-order chi connectivity index (χ1) is 9.26. The summed E-state index contributed by atoms with van der Waals surface area (Å²) in [4.78, 5) is 8.57. The number of unbranched alkanes of at least 4 members (excludes halogenated alkanes) is 1. The van der Waals surface area contributed by atoms with E-state index in [4.69, 9.17) is 10.5 Å². The number of ether oxygens (including phenoxy) is 1. The van der Waals surface area contributed by atoms with Crippen molar-refractivity contribution in [3.05, 3.63) is 12.3 Å². The third kappa shape index (κ3) is 3.14. The SMILES string of the molecule is CCCCNc1nc(N)nc2ccn(CCOC)c12. The van der Waals surface area contributed by atoms with Crippen LogP contribution in [0.1, 0.15) is 19.8 Å². The second-order valence-electron chi connectivity index (χ2n) is 4.45. The van der Waals surface area contributed by atoms with Crippen LogP contribution in [0, 0.1) is 0 Å². The van der Waals surface area contributed by atoms with E-state index in [1.807, 2.05) is 12.3 Å². The third-order valence-corrected chi connectivity index (χ3v) is 2.99. The molecular formula is C13H21N5O. The number of anilines is 2. The van der Waals surface area contributed by atoms with Crippen LogP contribution in [-0.4, -0.2) is 34.8 Å². The Morgan fingerprint density at radius 2 is 2.26 bits per heavy atom. The minimum Gasteiger partial charge on any atom is -0.383 e. The van der Waals surface area contributed by atoms with Crippen molar-refractivity contribution < 1.29 is 4.74 Å². The number of nitrogens with one attached hydrogen (secondary N) is 1. The number of aromatic nitrogens is 3. The van der Waals surface area contributed by atoms with Gasteiger partial charge in [-0.25, -0.2) is 4.98 Å². The minimum absolute atomic E-state index is 0.302. The molecule has 0 saturated carbocycles. The van der Waals surface area contributed by atoms with Crippen LogP contribution in [-0.2, 0) is 11.3 Å². The van der Waals surface area contributed by atoms with Crippen molar-refractivity contribution in [1.29, 1.82) is 0 Å². The highest BCUT2D eigenvalue weighted by atomic mass is 16.5. The van der Waals surface area contributed by atoms with Crippen LogP contribution in [0.4, 0.5) is 11.8 Å². The molecule has 2 heterocycles. The van der Waals surface area contributed by atoms with Crippen LogP contribution in [0.5, 0.6) is 0 Å². The number of nitrogens with zero attached hydrogens (tertiary/aromatic N) is 3. The van der Waals surface area contributed by atoms with Gasteiger partial charge in [0.05, 0.1) is 12.1 Å². The highest BCUT2D eigenvalue weighted by Gasteiger charge is 2.10. The van der Waals surface area contributed by atoms with Gasteiger partial charge in [-0.1, -0.05) is 13.3 Å². The highest BCUT2D eigenvalue weighted by molar-refractivity contribution is 5.87. The monoisotopic (exact) mass is 263 g/mol. The Bertz CT molecular complexity index is 537. The van der Waals surface area contributed by atoms with E-state index in [-0.39, 0.29) is 0 Å². The fourth-order valence-electron chi connectivity index (χ4n) is 2.01. The molecule has 0 aliphatic rings. The Morgan fingerprint density at radius 3 is 3.00 bits per heavy atom. The molecule has 0 unspecified atom stereocenters. The second kappa shape index (κ2) is 6.38. The molecule has 0 aliphatic heterocycles. The molecule has 0 spiro atoms. The number of nitrogens with two attached hydrogens (primary N) is 1. The smallest absolute Gasteiger partial charge is 0.222 e. The molecule has 0 saturated heterocycles. The van der Waals surface area contributed by atoms with Gasteiger partial charge >= 0.3 is 0 Å². The Balaban J connectivity index is 2.32. The van der Waals surface area contributed by atoms with Gasteiger partial charge in [0.2, 0.25) is 5.95 Å². The molecule has 0 aliphatic carbocycles. The fraction of sp³-hybridized carbons (Fsp3) is 0.538. The molecule has 2 aromatic rings. The van der Waals surface area contributed by atoms with Crippen LogP contribution in [0.2, 0.25) is 0 Å². The molecule has 0 aromatic carbocycles. The van der Waals surface area contributed by atoms with Crippen molar-refractivity contribution >= 4 is 22.8 Å². The molecule has 3 N–H and O–H groups in total. The van der Waals surface area contributed by atoms with E-state index in [9.17, 15) is 0 Å². The minimum atomic E-state index is 0.302. The average Bonchev–Trinajstić information content (AvgIpc) is 2.79. The maximum absolute atomic E-state index is 5.74. The Hall–Kier alpha value is -1.82. The molecule has 6 heteroatoms. The van der Waals surface area contributed by atoms with E-state index in [1.165, 1.54) is 0 Å². The van der Waals surface area contributed by atoms with Crippen molar-refractivity contribution in [3.8, 4) is 0 Å². The number of fused-ring (bicyclic) bond motifs is 1. The summed E-state index contributed by atoms with van der Waals surface area (Å²) in [6.45, 7) is 4.47. The van der Waals surface area contributed by atoms with Crippen LogP contribution in [0.25, 0.3) is 11.0 Å². The average molecular weight is 263 g/mol. The first-order valence-electron chi connectivity index (χ1n) is 6.61. The standard InChI is InChI=1S/C13H21N5O/c1-3-4-6-15-12-11-10(16-13(14)17-12)5-7-18(11)8-9-19-2/h5,7H,3-4,6,8-9H2,1-2H3,(H3,14,15,16,17). The van der Waals surface area contributed by atoms with Crippen LogP contribution < -0.4 is 11.1 Å². The summed E-state index contributed by atoms with van der Waals surface area (Å²) < 4.78 is 7.21. The van der Waals surface area contributed by atoms with Gasteiger partial charge in [-0.2, -0.15) is 4.98 Å². The van der Waals surface area contributed by atoms with Gasteiger partial charge in [-0.15, -0.1) is 0 Å². The maximum atomic E-state index is 5.74. The van der Waals surface area contributed by atoms with Crippen molar-refractivity contribution in [1.82, 2.24) is 14.5 Å². The Kier molecular flexibility index (Phi) is 4.57. The molecule has 0 radical (unpaired) electrons. The lowest BCUT2D eigenvalue weighted by Gasteiger charge is -2.10. The maximum Gasteiger partial charge on any atom is 0.222 e. The normalized spacial score (nSPS) is 11.1. The van der Waals surface area contributed by atoms with Crippen molar-refractivity contribution in [2.24, 2.45) is 0 Å². The predicted octanol–water partition coefficient (Wildman–Crippen LogP) is 1.87. The molecule has 19 heavy (non-hydrogen) atoms. The number of rotatable bonds is 7. The van der Waals surface area contributed by atoms with Gasteiger partial charge in [-0.05, 0) is 12.5 Å². The third-order valence-electron chi connectivity index (χ3n) is 2.99. The molecule has 6 nitrogen and oxygen atoms in total. The van der Waals surface area contributed by atoms with Crippen LogP contribution >= 0.6 is 0 Å². The van der Waals surface area contributed by atoms with Crippen molar-refractivity contribution in [3.63, 3.8) is 0 Å². The zero-order chi connectivity index (χ0) is 13.7. The van der Waals surface area contributed by atoms with Gasteiger partial charge in [-0.3, -0.25) is 0 Å². The molecule has 0 atom stereocenters. The second-order valence-corrected chi connectivity index (χ2v) is 4.45. The number of methoxy groups -OCH3 is 1. The van der Waals surface area contributed by atoms with Crippen molar-refractivity contribution in [2.75, 3.05) is 31.3 Å². The van der Waals surface area contributed by atoms with Crippen LogP contribution in [0.15, 0.2) is 12.3 Å². The molecule has 2 rings (SSSR count). The fourth-order valence-corrected chi connectivity index (χ4v) is 2.01. The van der Waals surface area contributed by atoms with E-state index in [0.29, 0.717) is 12.6 Å². The molecule has 0 fully saturated rings. The van der Waals surface area contributed by atoms with Gasteiger partial charge in [0.1, 0.15) is 5.52 Å². The van der Waals surface area contributed by atoms with E-state index in [1.54, 1.807) is 7.11 Å². The van der Waals surface area contributed by atoms with E-state index >= 15 is 0 Å². The number of nitrogen functional groups attached to an aromatic ring is 1. The Labute approximate surface area is 113 Å². The number of hydrogen-bond donors (Lipinski definition) is 2. The zero-order valence-electron chi connectivity index (χ0n) is 11.5. The summed E-state index contributed by atoms with van der Waals surface area (Å²) >= 11 is 0. The van der Waals surface area contributed by atoms with Gasteiger partial charge in [0, 0.05) is 26.4 Å². The highest BCUT2D eigenvalue weighted by Crippen LogP contribution is 2.22. The molecule has 2 aromatic heterocycles. The van der Waals surface area contributed by atoms with E-state index in [2.05, 4.69) is 26.8 Å². The van der Waals surface area contributed by atoms with Gasteiger partial charge in [0.15, 0.2) is 5.82 Å². The Morgan fingerprint density at radius 1 is 1.42 bits per heavy atom. The summed E-state index contributed by atoms with van der Waals surface area (Å²) in [5, 5.41) is 3.34. The molecule has 0 amide bonds. The topological polar surface area (TPSA) is 78.0 Å². The van der Waals surface area contributed by atoms with Crippen LogP contribution in [0.3, 0.4) is 0 Å². The summed E-state index contributed by atoms with van der Waals surface area (Å²) in [7, 11) is 1.70. The molecule has 0 bridgehead atoms. The lowest BCUT2D eigenvalue weighted by Crippen LogP contribution is -2.10. The summed E-state index contributed by atoms with van der Waals surface area (Å²) in [6, 6.07) is 1.95. The van der Waals surface area contributed by atoms with Crippen molar-refractivity contribution in [2.45, 2.75) is 26.3 Å². The summed E-state index contributed by atoms with van der Waals surface area (Å²) in [5.74, 6) is 1.10. The summed E-state index contributed by atoms with van der Waals surface area (Å²) in [5.41, 5.74) is 7.59. The van der Waals surface area contributed by atoms with Gasteiger partial charge in [0.25, 0.3) is 0 Å². The quantitative estimate of drug-likeness (QED) is 0.746. The first kappa shape index (κ1) is 13.6. The van der Waals surface area contributed by atoms with Gasteiger partial charge < -0.3 is 20.4 Å².